The summed E-state index contributed by atoms with van der Waals surface area (Å²) >= 11 is 13.1. The quantitative estimate of drug-likeness (QED) is 0.599. The first-order chi connectivity index (χ1) is 8.95. The van der Waals surface area contributed by atoms with Gasteiger partial charge in [-0.25, -0.2) is 0 Å². The number of aryl methyl sites for hydroxylation is 1. The van der Waals surface area contributed by atoms with Crippen LogP contribution >= 0.6 is 43.5 Å². The van der Waals surface area contributed by atoms with Crippen molar-refractivity contribution in [2.24, 2.45) is 0 Å². The number of ether oxygens (including phenoxy) is 1. The molecule has 0 amide bonds. The number of furan rings is 1. The predicted octanol–water partition coefficient (Wildman–Crippen LogP) is 5.81. The van der Waals surface area contributed by atoms with Gasteiger partial charge in [-0.15, -0.1) is 0 Å². The summed E-state index contributed by atoms with van der Waals surface area (Å²) in [5.74, 6) is 1.61. The van der Waals surface area contributed by atoms with Gasteiger partial charge in [0.2, 0.25) is 0 Å². The summed E-state index contributed by atoms with van der Waals surface area (Å²) in [5, 5.41) is 0.378. The zero-order valence-electron chi connectivity index (χ0n) is 10.8. The fraction of sp³-hybridized carbons (Fsp3) is 0.286. The van der Waals surface area contributed by atoms with Crippen LogP contribution in [-0.2, 0) is 0 Å². The van der Waals surface area contributed by atoms with Crippen LogP contribution in [0.4, 0.5) is 0 Å². The molecule has 0 aliphatic heterocycles. The summed E-state index contributed by atoms with van der Waals surface area (Å²) in [5.41, 5.74) is 3.22. The van der Waals surface area contributed by atoms with Gasteiger partial charge in [-0.2, -0.15) is 0 Å². The molecule has 2 rings (SSSR count). The molecule has 0 aliphatic carbocycles. The summed E-state index contributed by atoms with van der Waals surface area (Å²) in [7, 11) is 1.67. The van der Waals surface area contributed by atoms with E-state index in [1.807, 2.05) is 26.0 Å². The number of rotatable bonds is 3. The van der Waals surface area contributed by atoms with Crippen molar-refractivity contribution in [3.63, 3.8) is 0 Å². The Kier molecular flexibility index (Phi) is 4.64. The van der Waals surface area contributed by atoms with Crippen molar-refractivity contribution >= 4 is 43.5 Å². The highest BCUT2D eigenvalue weighted by atomic mass is 79.9. The van der Waals surface area contributed by atoms with Gasteiger partial charge < -0.3 is 9.15 Å². The Bertz CT molecular complexity index is 608. The third-order valence-corrected chi connectivity index (χ3v) is 4.95. The minimum absolute atomic E-state index is 0.105. The average molecular weight is 409 g/mol. The van der Waals surface area contributed by atoms with Crippen LogP contribution in [0.15, 0.2) is 27.1 Å². The molecule has 2 nitrogen and oxygen atoms in total. The molecule has 0 aliphatic rings. The lowest BCUT2D eigenvalue weighted by Gasteiger charge is -2.19. The maximum Gasteiger partial charge on any atom is 0.193 e. The van der Waals surface area contributed by atoms with Gasteiger partial charge in [0.15, 0.2) is 5.22 Å². The van der Waals surface area contributed by atoms with E-state index in [0.717, 1.165) is 32.7 Å². The van der Waals surface area contributed by atoms with Crippen molar-refractivity contribution in [3.8, 4) is 5.75 Å². The van der Waals surface area contributed by atoms with Crippen LogP contribution in [0.3, 0.4) is 0 Å². The van der Waals surface area contributed by atoms with E-state index in [0.29, 0.717) is 5.22 Å². The zero-order valence-corrected chi connectivity index (χ0v) is 14.7. The van der Waals surface area contributed by atoms with Crippen LogP contribution < -0.4 is 4.74 Å². The molecule has 0 bridgehead atoms. The normalized spacial score (nSPS) is 12.5. The monoisotopic (exact) mass is 406 g/mol. The van der Waals surface area contributed by atoms with E-state index in [2.05, 4.69) is 31.9 Å². The molecule has 102 valence electrons. The van der Waals surface area contributed by atoms with Crippen molar-refractivity contribution in [1.29, 1.82) is 0 Å². The maximum atomic E-state index is 5.84. The van der Waals surface area contributed by atoms with E-state index in [4.69, 9.17) is 20.8 Å². The molecule has 1 aromatic heterocycles. The van der Waals surface area contributed by atoms with E-state index < -0.39 is 0 Å². The number of halogens is 3. The van der Waals surface area contributed by atoms with Gasteiger partial charge in [-0.05, 0) is 54.8 Å². The summed E-state index contributed by atoms with van der Waals surface area (Å²) in [6, 6.07) is 5.64. The topological polar surface area (TPSA) is 22.4 Å². The predicted molar refractivity (Wildman–Crippen MR) is 84.7 cm³/mol. The van der Waals surface area contributed by atoms with E-state index in [9.17, 15) is 0 Å². The van der Waals surface area contributed by atoms with Crippen LogP contribution in [-0.4, -0.2) is 7.11 Å². The summed E-state index contributed by atoms with van der Waals surface area (Å²) in [6.07, 6.45) is 0. The van der Waals surface area contributed by atoms with Gasteiger partial charge in [0.05, 0.1) is 7.11 Å². The van der Waals surface area contributed by atoms with Gasteiger partial charge in [-0.3, -0.25) is 0 Å². The highest BCUT2D eigenvalue weighted by Crippen LogP contribution is 2.43. The highest BCUT2D eigenvalue weighted by Gasteiger charge is 2.23. The third-order valence-electron chi connectivity index (χ3n) is 3.01. The summed E-state index contributed by atoms with van der Waals surface area (Å²) < 4.78 is 12.1. The van der Waals surface area contributed by atoms with Gasteiger partial charge in [-0.1, -0.05) is 31.9 Å². The lowest BCUT2D eigenvalue weighted by molar-refractivity contribution is 0.404. The average Bonchev–Trinajstić information content (AvgIpc) is 2.79. The second-order valence-corrected chi connectivity index (χ2v) is 6.39. The Morgan fingerprint density at radius 2 is 2.00 bits per heavy atom. The molecule has 1 unspecified atom stereocenters. The van der Waals surface area contributed by atoms with Crippen molar-refractivity contribution in [2.75, 3.05) is 7.11 Å². The standard InChI is InChI=1S/C14H13Br2ClO2/c1-7-6-9(15)8(2)12(14(7)18-3)13(16)10-4-5-11(17)19-10/h4-6,13H,1-3H3. The minimum atomic E-state index is -0.105. The van der Waals surface area contributed by atoms with Crippen LogP contribution in [0.5, 0.6) is 5.75 Å². The molecule has 1 atom stereocenters. The van der Waals surface area contributed by atoms with E-state index in [1.54, 1.807) is 13.2 Å². The molecule has 0 saturated carbocycles. The molecular weight excluding hydrogens is 395 g/mol. The SMILES string of the molecule is COc1c(C)cc(Br)c(C)c1C(Br)c1ccc(Cl)o1. The fourth-order valence-electron chi connectivity index (χ4n) is 2.06. The first kappa shape index (κ1) is 14.9. The molecule has 1 aromatic carbocycles. The Morgan fingerprint density at radius 1 is 1.32 bits per heavy atom. The molecule has 0 radical (unpaired) electrons. The maximum absolute atomic E-state index is 5.84. The Hall–Kier alpha value is -0.450. The number of alkyl halides is 1. The van der Waals surface area contributed by atoms with E-state index >= 15 is 0 Å². The Morgan fingerprint density at radius 3 is 2.53 bits per heavy atom. The summed E-state index contributed by atoms with van der Waals surface area (Å²) in [4.78, 5) is -0.105. The molecule has 5 heteroatoms. The molecule has 2 aromatic rings. The number of hydrogen-bond acceptors (Lipinski definition) is 2. The first-order valence-electron chi connectivity index (χ1n) is 5.68. The lowest BCUT2D eigenvalue weighted by atomic mass is 10.00. The first-order valence-corrected chi connectivity index (χ1v) is 7.77. The molecule has 1 heterocycles. The van der Waals surface area contributed by atoms with Gasteiger partial charge >= 0.3 is 0 Å². The van der Waals surface area contributed by atoms with E-state index in [-0.39, 0.29) is 4.83 Å². The van der Waals surface area contributed by atoms with Gasteiger partial charge in [0.25, 0.3) is 0 Å². The van der Waals surface area contributed by atoms with Crippen molar-refractivity contribution in [2.45, 2.75) is 18.7 Å². The molecule has 0 saturated heterocycles. The van der Waals surface area contributed by atoms with Crippen molar-refractivity contribution in [1.82, 2.24) is 0 Å². The second kappa shape index (κ2) is 5.90. The highest BCUT2D eigenvalue weighted by molar-refractivity contribution is 9.10. The third kappa shape index (κ3) is 2.86. The number of hydrogen-bond donors (Lipinski definition) is 0. The lowest BCUT2D eigenvalue weighted by Crippen LogP contribution is -2.02. The largest absolute Gasteiger partial charge is 0.496 e. The minimum Gasteiger partial charge on any atom is -0.496 e. The van der Waals surface area contributed by atoms with Crippen molar-refractivity contribution < 1.29 is 9.15 Å². The van der Waals surface area contributed by atoms with Crippen LogP contribution in [0, 0.1) is 13.8 Å². The summed E-state index contributed by atoms with van der Waals surface area (Å²) in [6.45, 7) is 4.06. The molecular formula is C14H13Br2ClO2. The Labute approximate surface area is 134 Å². The molecule has 19 heavy (non-hydrogen) atoms. The number of benzene rings is 1. The fourth-order valence-corrected chi connectivity index (χ4v) is 3.56. The van der Waals surface area contributed by atoms with Gasteiger partial charge in [0.1, 0.15) is 16.3 Å². The second-order valence-electron chi connectivity index (χ2n) is 4.25. The van der Waals surface area contributed by atoms with Crippen molar-refractivity contribution in [3.05, 3.63) is 50.3 Å². The molecule has 0 spiro atoms. The van der Waals surface area contributed by atoms with E-state index in [1.165, 1.54) is 0 Å². The molecule has 0 fully saturated rings. The molecule has 0 N–H and O–H groups in total. The smallest absolute Gasteiger partial charge is 0.193 e. The van der Waals surface area contributed by atoms with Gasteiger partial charge in [0, 0.05) is 10.0 Å². The number of methoxy groups -OCH3 is 1. The zero-order chi connectivity index (χ0) is 14.2. The van der Waals surface area contributed by atoms with Crippen LogP contribution in [0.1, 0.15) is 27.3 Å². The van der Waals surface area contributed by atoms with Crippen LogP contribution in [0.2, 0.25) is 5.22 Å². The van der Waals surface area contributed by atoms with Crippen LogP contribution in [0.25, 0.3) is 0 Å². The Balaban J connectivity index is 2.60.